The zero-order valence-electron chi connectivity index (χ0n) is 14.0. The summed E-state index contributed by atoms with van der Waals surface area (Å²) >= 11 is 6.47. The predicted octanol–water partition coefficient (Wildman–Crippen LogP) is 2.67. The molecule has 26 heavy (non-hydrogen) atoms. The highest BCUT2D eigenvalue weighted by Crippen LogP contribution is 2.40. The molecule has 2 N–H and O–H groups in total. The predicted molar refractivity (Wildman–Crippen MR) is 95.1 cm³/mol. The van der Waals surface area contributed by atoms with Gasteiger partial charge in [-0.3, -0.25) is 4.90 Å². The molecule has 1 fully saturated rings. The molecule has 1 aromatic heterocycles. The molecule has 3 aliphatic heterocycles. The minimum atomic E-state index is -2.30. The number of nitrogens with zero attached hydrogens (tertiary/aromatic N) is 4. The number of allylic oxidation sites excluding steroid dienone is 2. The maximum absolute atomic E-state index is 12.6. The van der Waals surface area contributed by atoms with Gasteiger partial charge in [-0.2, -0.15) is 0 Å². The van der Waals surface area contributed by atoms with Crippen LogP contribution in [0.4, 0.5) is 14.6 Å². The molecule has 4 heterocycles. The lowest BCUT2D eigenvalue weighted by molar-refractivity contribution is 0.0319. The van der Waals surface area contributed by atoms with E-state index in [-0.39, 0.29) is 12.2 Å². The first-order valence-electron chi connectivity index (χ1n) is 8.46. The SMILES string of the molecule is FC(F)CN1CCC2(CC1)NC=C1C(Cl)=CC(Nc3ccncn3)=CN12. The number of hydrogen-bond donors (Lipinski definition) is 2. The molecule has 138 valence electrons. The molecule has 0 atom stereocenters. The Morgan fingerprint density at radius 1 is 1.35 bits per heavy atom. The third kappa shape index (κ3) is 3.26. The Bertz CT molecular complexity index is 756. The van der Waals surface area contributed by atoms with Gasteiger partial charge in [0.15, 0.2) is 0 Å². The lowest BCUT2D eigenvalue weighted by atomic mass is 9.95. The van der Waals surface area contributed by atoms with Crippen molar-refractivity contribution in [2.75, 3.05) is 25.0 Å². The van der Waals surface area contributed by atoms with E-state index in [1.54, 1.807) is 17.2 Å². The second kappa shape index (κ2) is 6.85. The van der Waals surface area contributed by atoms with E-state index < -0.39 is 6.43 Å². The van der Waals surface area contributed by atoms with Crippen LogP contribution in [0.15, 0.2) is 53.5 Å². The van der Waals surface area contributed by atoms with Crippen molar-refractivity contribution in [3.8, 4) is 0 Å². The first kappa shape index (κ1) is 17.2. The molecule has 1 spiro atoms. The number of fused-ring (bicyclic) bond motifs is 2. The topological polar surface area (TPSA) is 56.3 Å². The molecule has 0 radical (unpaired) electrons. The second-order valence-corrected chi connectivity index (χ2v) is 6.97. The first-order valence-corrected chi connectivity index (χ1v) is 8.84. The molecule has 1 aromatic rings. The highest BCUT2D eigenvalue weighted by atomic mass is 35.5. The Morgan fingerprint density at radius 3 is 2.85 bits per heavy atom. The lowest BCUT2D eigenvalue weighted by Crippen LogP contribution is -2.57. The van der Waals surface area contributed by atoms with E-state index in [0.29, 0.717) is 23.9 Å². The van der Waals surface area contributed by atoms with Crippen LogP contribution in [0, 0.1) is 0 Å². The fraction of sp³-hybridized carbons (Fsp3) is 0.412. The van der Waals surface area contributed by atoms with Crippen molar-refractivity contribution in [2.45, 2.75) is 24.9 Å². The molecular weight excluding hydrogens is 362 g/mol. The summed E-state index contributed by atoms with van der Waals surface area (Å²) < 4.78 is 25.3. The van der Waals surface area contributed by atoms with Crippen molar-refractivity contribution < 1.29 is 8.78 Å². The lowest BCUT2D eigenvalue weighted by Gasteiger charge is -2.46. The van der Waals surface area contributed by atoms with Gasteiger partial charge in [-0.15, -0.1) is 0 Å². The van der Waals surface area contributed by atoms with Gasteiger partial charge < -0.3 is 15.5 Å². The minimum Gasteiger partial charge on any atom is -0.367 e. The van der Waals surface area contributed by atoms with E-state index >= 15 is 0 Å². The van der Waals surface area contributed by atoms with Gasteiger partial charge >= 0.3 is 0 Å². The van der Waals surface area contributed by atoms with E-state index in [2.05, 4.69) is 25.5 Å². The minimum absolute atomic E-state index is 0.173. The maximum atomic E-state index is 12.6. The van der Waals surface area contributed by atoms with Crippen LogP contribution in [-0.4, -0.2) is 51.5 Å². The van der Waals surface area contributed by atoms with Crippen molar-refractivity contribution in [3.05, 3.63) is 53.5 Å². The number of anilines is 1. The first-order chi connectivity index (χ1) is 12.6. The Balaban J connectivity index is 1.52. The number of piperidine rings is 1. The molecule has 6 nitrogen and oxygen atoms in total. The molecule has 3 aliphatic rings. The van der Waals surface area contributed by atoms with Gasteiger partial charge in [0.1, 0.15) is 17.8 Å². The highest BCUT2D eigenvalue weighted by molar-refractivity contribution is 6.32. The van der Waals surface area contributed by atoms with Gasteiger partial charge in [-0.1, -0.05) is 11.6 Å². The van der Waals surface area contributed by atoms with E-state index in [9.17, 15) is 8.78 Å². The Kier molecular flexibility index (Phi) is 4.54. The molecule has 1 saturated heterocycles. The summed E-state index contributed by atoms with van der Waals surface area (Å²) in [7, 11) is 0. The highest BCUT2D eigenvalue weighted by Gasteiger charge is 2.44. The molecule has 4 rings (SSSR count). The zero-order chi connectivity index (χ0) is 18.1. The Morgan fingerprint density at radius 2 is 2.15 bits per heavy atom. The summed E-state index contributed by atoms with van der Waals surface area (Å²) in [6, 6.07) is 1.77. The molecule has 0 saturated carbocycles. The van der Waals surface area contributed by atoms with Crippen molar-refractivity contribution in [1.82, 2.24) is 25.1 Å². The number of rotatable bonds is 4. The van der Waals surface area contributed by atoms with Gasteiger partial charge in [-0.05, 0) is 12.1 Å². The number of halogens is 3. The van der Waals surface area contributed by atoms with E-state index in [1.165, 1.54) is 6.33 Å². The number of nitrogens with one attached hydrogen (secondary N) is 2. The molecular formula is C17H19ClF2N6. The van der Waals surface area contributed by atoms with Crippen molar-refractivity contribution in [3.63, 3.8) is 0 Å². The summed E-state index contributed by atoms with van der Waals surface area (Å²) in [5.41, 5.74) is 1.37. The van der Waals surface area contributed by atoms with Crippen molar-refractivity contribution in [2.24, 2.45) is 0 Å². The van der Waals surface area contributed by atoms with Crippen LogP contribution in [0.1, 0.15) is 12.8 Å². The Labute approximate surface area is 155 Å². The molecule has 0 bridgehead atoms. The zero-order valence-corrected chi connectivity index (χ0v) is 14.8. The number of alkyl halides is 2. The smallest absolute Gasteiger partial charge is 0.251 e. The summed E-state index contributed by atoms with van der Waals surface area (Å²) in [5.74, 6) is 0.673. The fourth-order valence-electron chi connectivity index (χ4n) is 3.60. The van der Waals surface area contributed by atoms with Crippen LogP contribution in [0.3, 0.4) is 0 Å². The summed E-state index contributed by atoms with van der Waals surface area (Å²) in [4.78, 5) is 12.0. The van der Waals surface area contributed by atoms with Gasteiger partial charge in [0.2, 0.25) is 0 Å². The van der Waals surface area contributed by atoms with Crippen LogP contribution >= 0.6 is 11.6 Å². The quantitative estimate of drug-likeness (QED) is 0.837. The van der Waals surface area contributed by atoms with Gasteiger partial charge in [0, 0.05) is 44.5 Å². The van der Waals surface area contributed by atoms with Crippen LogP contribution in [0.5, 0.6) is 0 Å². The monoisotopic (exact) mass is 380 g/mol. The maximum Gasteiger partial charge on any atom is 0.251 e. The fourth-order valence-corrected chi connectivity index (χ4v) is 3.87. The normalized spacial score (nSPS) is 21.8. The third-order valence-corrected chi connectivity index (χ3v) is 5.23. The number of aromatic nitrogens is 2. The van der Waals surface area contributed by atoms with E-state index in [4.69, 9.17) is 11.6 Å². The molecule has 9 heteroatoms. The third-order valence-electron chi connectivity index (χ3n) is 4.93. The van der Waals surface area contributed by atoms with Gasteiger partial charge in [0.25, 0.3) is 6.43 Å². The van der Waals surface area contributed by atoms with Crippen LogP contribution in [0.25, 0.3) is 0 Å². The van der Waals surface area contributed by atoms with Crippen LogP contribution in [0.2, 0.25) is 0 Å². The van der Waals surface area contributed by atoms with E-state index in [0.717, 1.165) is 24.2 Å². The summed E-state index contributed by atoms with van der Waals surface area (Å²) in [5, 5.41) is 7.27. The van der Waals surface area contributed by atoms with Crippen LogP contribution in [-0.2, 0) is 0 Å². The average molecular weight is 381 g/mol. The molecule has 0 aromatic carbocycles. The van der Waals surface area contributed by atoms with Gasteiger partial charge in [0.05, 0.1) is 23.0 Å². The number of hydrogen-bond acceptors (Lipinski definition) is 6. The van der Waals surface area contributed by atoms with Crippen molar-refractivity contribution in [1.29, 1.82) is 0 Å². The van der Waals surface area contributed by atoms with Crippen LogP contribution < -0.4 is 10.6 Å². The molecule has 0 aliphatic carbocycles. The number of likely N-dealkylation sites (tertiary alicyclic amines) is 1. The van der Waals surface area contributed by atoms with Crippen molar-refractivity contribution >= 4 is 17.4 Å². The average Bonchev–Trinajstić information content (AvgIpc) is 2.97. The summed E-state index contributed by atoms with van der Waals surface area (Å²) in [6.45, 7) is 1.05. The Hall–Kier alpha value is -2.19. The summed E-state index contributed by atoms with van der Waals surface area (Å²) in [6.07, 6.45) is 8.01. The molecule has 0 amide bonds. The van der Waals surface area contributed by atoms with Gasteiger partial charge in [-0.25, -0.2) is 18.7 Å². The standard InChI is InChI=1S/C17H19ClF2N6/c18-13-7-12(24-16-1-4-21-11-22-16)9-26-14(13)8-23-17(26)2-5-25(6-3-17)10-15(19)20/h1,4,7-9,11,15,23H,2-3,5-6,10H2,(H,21,22,24). The second-order valence-electron chi connectivity index (χ2n) is 6.56. The largest absolute Gasteiger partial charge is 0.367 e. The van der Waals surface area contributed by atoms with E-state index in [1.807, 2.05) is 18.5 Å². The molecule has 0 unspecified atom stereocenters.